The first-order chi connectivity index (χ1) is 8.52. The van der Waals surface area contributed by atoms with Gasteiger partial charge in [0.05, 0.1) is 11.4 Å². The van der Waals surface area contributed by atoms with E-state index in [1.165, 1.54) is 30.5 Å². The molecule has 0 spiro atoms. The molecule has 1 aliphatic heterocycles. The van der Waals surface area contributed by atoms with Gasteiger partial charge in [-0.15, -0.1) is 0 Å². The Morgan fingerprint density at radius 2 is 1.67 bits per heavy atom. The summed E-state index contributed by atoms with van der Waals surface area (Å²) in [5.41, 5.74) is 17.4. The molecule has 18 heavy (non-hydrogen) atoms. The van der Waals surface area contributed by atoms with Crippen LogP contribution < -0.4 is 16.4 Å². The van der Waals surface area contributed by atoms with Crippen molar-refractivity contribution in [2.45, 2.75) is 46.0 Å². The number of rotatable bonds is 2. The van der Waals surface area contributed by atoms with Crippen LogP contribution >= 0.6 is 0 Å². The third-order valence-electron chi connectivity index (χ3n) is 4.00. The van der Waals surface area contributed by atoms with Crippen molar-refractivity contribution in [3.63, 3.8) is 0 Å². The molecule has 1 aromatic rings. The van der Waals surface area contributed by atoms with E-state index in [1.807, 2.05) is 0 Å². The second-order valence-electron chi connectivity index (χ2n) is 5.64. The molecule has 4 N–H and O–H groups in total. The van der Waals surface area contributed by atoms with Gasteiger partial charge in [0.15, 0.2) is 0 Å². The standard InChI is InChI=1S/C15H25N3/c1-10(2)12-9-13(11(3)14(16)15(12)17)18-7-5-4-6-8-18/h9-10H,4-8,16-17H2,1-3H3. The third-order valence-corrected chi connectivity index (χ3v) is 4.00. The Labute approximate surface area is 110 Å². The van der Waals surface area contributed by atoms with Crippen LogP contribution in [0.5, 0.6) is 0 Å². The summed E-state index contributed by atoms with van der Waals surface area (Å²) in [6, 6.07) is 2.25. The van der Waals surface area contributed by atoms with E-state index in [0.29, 0.717) is 5.92 Å². The molecule has 3 nitrogen and oxygen atoms in total. The summed E-state index contributed by atoms with van der Waals surface area (Å²) < 4.78 is 0. The summed E-state index contributed by atoms with van der Waals surface area (Å²) in [7, 11) is 0. The Bertz CT molecular complexity index is 432. The predicted molar refractivity (Wildman–Crippen MR) is 80.2 cm³/mol. The van der Waals surface area contributed by atoms with Gasteiger partial charge < -0.3 is 16.4 Å². The molecule has 1 heterocycles. The lowest BCUT2D eigenvalue weighted by Gasteiger charge is -2.32. The fraction of sp³-hybridized carbons (Fsp3) is 0.600. The minimum atomic E-state index is 0.413. The molecular formula is C15H25N3. The third kappa shape index (κ3) is 2.26. The molecular weight excluding hydrogens is 222 g/mol. The van der Waals surface area contributed by atoms with Gasteiger partial charge in [-0.2, -0.15) is 0 Å². The highest BCUT2D eigenvalue weighted by Crippen LogP contribution is 2.37. The number of anilines is 3. The summed E-state index contributed by atoms with van der Waals surface area (Å²) >= 11 is 0. The van der Waals surface area contributed by atoms with E-state index in [0.717, 1.165) is 30.0 Å². The molecule has 0 radical (unpaired) electrons. The van der Waals surface area contributed by atoms with E-state index in [-0.39, 0.29) is 0 Å². The summed E-state index contributed by atoms with van der Waals surface area (Å²) in [4.78, 5) is 2.46. The van der Waals surface area contributed by atoms with Crippen molar-refractivity contribution in [2.75, 3.05) is 29.5 Å². The van der Waals surface area contributed by atoms with Crippen LogP contribution in [0.2, 0.25) is 0 Å². The maximum atomic E-state index is 6.18. The molecule has 0 bridgehead atoms. The fourth-order valence-electron chi connectivity index (χ4n) is 2.77. The van der Waals surface area contributed by atoms with Crippen molar-refractivity contribution in [3.8, 4) is 0 Å². The zero-order valence-electron chi connectivity index (χ0n) is 11.8. The molecule has 3 heteroatoms. The van der Waals surface area contributed by atoms with E-state index >= 15 is 0 Å². The second-order valence-corrected chi connectivity index (χ2v) is 5.64. The van der Waals surface area contributed by atoms with Crippen LogP contribution in [-0.4, -0.2) is 13.1 Å². The van der Waals surface area contributed by atoms with Crippen LogP contribution in [0.3, 0.4) is 0 Å². The highest BCUT2D eigenvalue weighted by molar-refractivity contribution is 5.79. The average Bonchev–Trinajstić information content (AvgIpc) is 2.37. The molecule has 0 aliphatic carbocycles. The lowest BCUT2D eigenvalue weighted by molar-refractivity contribution is 0.577. The zero-order valence-corrected chi connectivity index (χ0v) is 11.8. The van der Waals surface area contributed by atoms with Gasteiger partial charge in [0.25, 0.3) is 0 Å². The molecule has 1 fully saturated rings. The monoisotopic (exact) mass is 247 g/mol. The maximum Gasteiger partial charge on any atom is 0.0601 e. The van der Waals surface area contributed by atoms with Crippen molar-refractivity contribution in [1.82, 2.24) is 0 Å². The van der Waals surface area contributed by atoms with E-state index < -0.39 is 0 Å². The van der Waals surface area contributed by atoms with E-state index in [1.54, 1.807) is 0 Å². The van der Waals surface area contributed by atoms with Gasteiger partial charge >= 0.3 is 0 Å². The van der Waals surface area contributed by atoms with Crippen molar-refractivity contribution in [1.29, 1.82) is 0 Å². The molecule has 0 atom stereocenters. The van der Waals surface area contributed by atoms with Crippen LogP contribution in [-0.2, 0) is 0 Å². The molecule has 100 valence electrons. The van der Waals surface area contributed by atoms with Gasteiger partial charge in [-0.3, -0.25) is 0 Å². The largest absolute Gasteiger partial charge is 0.397 e. The number of nitrogen functional groups attached to an aromatic ring is 2. The molecule has 0 amide bonds. The second kappa shape index (κ2) is 5.09. The van der Waals surface area contributed by atoms with Crippen LogP contribution in [0, 0.1) is 6.92 Å². The first kappa shape index (κ1) is 13.1. The van der Waals surface area contributed by atoms with Crippen LogP contribution in [0.1, 0.15) is 50.2 Å². The zero-order chi connectivity index (χ0) is 13.3. The summed E-state index contributed by atoms with van der Waals surface area (Å²) in [5.74, 6) is 0.413. The first-order valence-electron chi connectivity index (χ1n) is 6.95. The van der Waals surface area contributed by atoms with Crippen LogP contribution in [0.15, 0.2) is 6.07 Å². The molecule has 2 rings (SSSR count). The number of piperidine rings is 1. The fourth-order valence-corrected chi connectivity index (χ4v) is 2.77. The highest BCUT2D eigenvalue weighted by atomic mass is 15.1. The first-order valence-corrected chi connectivity index (χ1v) is 6.95. The van der Waals surface area contributed by atoms with E-state index in [9.17, 15) is 0 Å². The Hall–Kier alpha value is -1.38. The van der Waals surface area contributed by atoms with Crippen LogP contribution in [0.25, 0.3) is 0 Å². The summed E-state index contributed by atoms with van der Waals surface area (Å²) in [6.45, 7) is 8.70. The lowest BCUT2D eigenvalue weighted by atomic mass is 9.95. The van der Waals surface area contributed by atoms with Crippen molar-refractivity contribution >= 4 is 17.1 Å². The number of hydrogen-bond donors (Lipinski definition) is 2. The maximum absolute atomic E-state index is 6.18. The molecule has 1 saturated heterocycles. The Balaban J connectivity index is 2.46. The lowest BCUT2D eigenvalue weighted by Crippen LogP contribution is -2.30. The highest BCUT2D eigenvalue weighted by Gasteiger charge is 2.18. The van der Waals surface area contributed by atoms with Gasteiger partial charge in [-0.25, -0.2) is 0 Å². The summed E-state index contributed by atoms with van der Waals surface area (Å²) in [6.07, 6.45) is 3.90. The van der Waals surface area contributed by atoms with Crippen molar-refractivity contribution in [2.24, 2.45) is 0 Å². The molecule has 0 aromatic heterocycles. The number of benzene rings is 1. The van der Waals surface area contributed by atoms with Gasteiger partial charge in [-0.1, -0.05) is 13.8 Å². The van der Waals surface area contributed by atoms with Gasteiger partial charge in [0.1, 0.15) is 0 Å². The average molecular weight is 247 g/mol. The Morgan fingerprint density at radius 3 is 2.22 bits per heavy atom. The SMILES string of the molecule is Cc1c(N2CCCCC2)cc(C(C)C)c(N)c1N. The topological polar surface area (TPSA) is 55.3 Å². The molecule has 1 aliphatic rings. The molecule has 0 saturated carbocycles. The minimum absolute atomic E-state index is 0.413. The Morgan fingerprint density at radius 1 is 1.06 bits per heavy atom. The number of hydrogen-bond acceptors (Lipinski definition) is 3. The van der Waals surface area contributed by atoms with Crippen molar-refractivity contribution < 1.29 is 0 Å². The van der Waals surface area contributed by atoms with Crippen LogP contribution in [0.4, 0.5) is 17.1 Å². The Kier molecular flexibility index (Phi) is 3.69. The van der Waals surface area contributed by atoms with Crippen molar-refractivity contribution in [3.05, 3.63) is 17.2 Å². The number of nitrogens with zero attached hydrogens (tertiary/aromatic N) is 1. The summed E-state index contributed by atoms with van der Waals surface area (Å²) in [5, 5.41) is 0. The van der Waals surface area contributed by atoms with Gasteiger partial charge in [0, 0.05) is 18.8 Å². The van der Waals surface area contributed by atoms with Gasteiger partial charge in [0.2, 0.25) is 0 Å². The quantitative estimate of drug-likeness (QED) is 0.789. The minimum Gasteiger partial charge on any atom is -0.397 e. The normalized spacial score (nSPS) is 16.3. The van der Waals surface area contributed by atoms with E-state index in [4.69, 9.17) is 11.5 Å². The van der Waals surface area contributed by atoms with Gasteiger partial charge in [-0.05, 0) is 49.3 Å². The van der Waals surface area contributed by atoms with E-state index in [2.05, 4.69) is 31.7 Å². The number of nitrogens with two attached hydrogens (primary N) is 2. The molecule has 0 unspecified atom stereocenters. The smallest absolute Gasteiger partial charge is 0.0601 e. The predicted octanol–water partition coefficient (Wildman–Crippen LogP) is 3.27. The molecule has 1 aromatic carbocycles.